The third kappa shape index (κ3) is 4.27. The quantitative estimate of drug-likeness (QED) is 0.631. The van der Waals surface area contributed by atoms with Gasteiger partial charge in [-0.15, -0.1) is 0 Å². The lowest BCUT2D eigenvalue weighted by Crippen LogP contribution is -2.54. The molecule has 2 aromatic rings. The Morgan fingerprint density at radius 2 is 1.77 bits per heavy atom. The van der Waals surface area contributed by atoms with Gasteiger partial charge in [0.15, 0.2) is 0 Å². The maximum Gasteiger partial charge on any atom is 0.407 e. The minimum Gasteiger partial charge on any atom is -0.480 e. The van der Waals surface area contributed by atoms with Crippen LogP contribution in [0.2, 0.25) is 0 Å². The maximum absolute atomic E-state index is 13.5. The van der Waals surface area contributed by atoms with Crippen molar-refractivity contribution in [3.8, 4) is 11.1 Å². The van der Waals surface area contributed by atoms with Crippen LogP contribution in [-0.2, 0) is 19.1 Å². The standard InChI is InChI=1S/C27H30N2O6/c1-2-7-21(25(30)29-22-12-13-34-24(22)14-23(29)26(31)32)28-27(33)35-15-20-18-10-5-3-8-16(18)17-9-4-6-11-19(17)20/h3-6,8-11,20-24H,2,7,12-15H2,1H3,(H,28,33)(H,31,32)/t21-,22?,23?,24?/m1/s1. The SMILES string of the molecule is CCC[C@@H](NC(=O)OCC1c2ccccc2-c2ccccc21)C(=O)N1C(C(=O)O)CC2OCCC21. The zero-order valence-corrected chi connectivity index (χ0v) is 19.7. The first-order chi connectivity index (χ1) is 17.0. The topological polar surface area (TPSA) is 105 Å². The number of rotatable bonds is 7. The molecule has 2 aromatic carbocycles. The van der Waals surface area contributed by atoms with Gasteiger partial charge in [0, 0.05) is 18.9 Å². The van der Waals surface area contributed by atoms with Crippen molar-refractivity contribution in [2.45, 2.75) is 62.8 Å². The number of alkyl carbamates (subject to hydrolysis) is 1. The molecule has 35 heavy (non-hydrogen) atoms. The Kier molecular flexibility index (Phi) is 6.47. The predicted molar refractivity (Wildman–Crippen MR) is 128 cm³/mol. The highest BCUT2D eigenvalue weighted by Crippen LogP contribution is 2.44. The predicted octanol–water partition coefficient (Wildman–Crippen LogP) is 3.54. The molecular formula is C27H30N2O6. The van der Waals surface area contributed by atoms with Crippen LogP contribution in [-0.4, -0.2) is 65.4 Å². The number of ether oxygens (including phenoxy) is 2. The first kappa shape index (κ1) is 23.4. The van der Waals surface area contributed by atoms with Crippen molar-refractivity contribution in [2.75, 3.05) is 13.2 Å². The third-order valence-electron chi connectivity index (χ3n) is 7.37. The fourth-order valence-electron chi connectivity index (χ4n) is 5.79. The molecule has 8 nitrogen and oxygen atoms in total. The number of carbonyl (C=O) groups excluding carboxylic acids is 2. The normalized spacial score (nSPS) is 23.3. The van der Waals surface area contributed by atoms with E-state index in [1.165, 1.54) is 4.90 Å². The summed E-state index contributed by atoms with van der Waals surface area (Å²) in [6.07, 6.45) is 0.973. The van der Waals surface area contributed by atoms with Crippen LogP contribution < -0.4 is 5.32 Å². The summed E-state index contributed by atoms with van der Waals surface area (Å²) in [5.74, 6) is -1.52. The van der Waals surface area contributed by atoms with Crippen molar-refractivity contribution in [3.05, 3.63) is 59.7 Å². The highest BCUT2D eigenvalue weighted by atomic mass is 16.5. The van der Waals surface area contributed by atoms with Crippen LogP contribution in [0.4, 0.5) is 4.79 Å². The van der Waals surface area contributed by atoms with E-state index in [2.05, 4.69) is 17.4 Å². The lowest BCUT2D eigenvalue weighted by Gasteiger charge is -2.31. The summed E-state index contributed by atoms with van der Waals surface area (Å²) >= 11 is 0. The zero-order valence-electron chi connectivity index (χ0n) is 19.7. The molecule has 5 rings (SSSR count). The highest BCUT2D eigenvalue weighted by Gasteiger charge is 2.51. The van der Waals surface area contributed by atoms with E-state index in [1.807, 2.05) is 43.3 Å². The molecule has 2 amide bonds. The summed E-state index contributed by atoms with van der Waals surface area (Å²) < 4.78 is 11.3. The van der Waals surface area contributed by atoms with Crippen molar-refractivity contribution in [2.24, 2.45) is 0 Å². The van der Waals surface area contributed by atoms with E-state index >= 15 is 0 Å². The minimum absolute atomic E-state index is 0.0835. The molecular weight excluding hydrogens is 448 g/mol. The highest BCUT2D eigenvalue weighted by molar-refractivity contribution is 5.90. The number of carboxylic acids is 1. The molecule has 3 unspecified atom stereocenters. The van der Waals surface area contributed by atoms with Gasteiger partial charge in [-0.05, 0) is 35.1 Å². The average molecular weight is 479 g/mol. The number of fused-ring (bicyclic) bond motifs is 4. The Hall–Kier alpha value is -3.39. The number of nitrogens with one attached hydrogen (secondary N) is 1. The molecule has 8 heteroatoms. The Balaban J connectivity index is 1.28. The summed E-state index contributed by atoms with van der Waals surface area (Å²) in [5.41, 5.74) is 4.49. The molecule has 2 aliphatic heterocycles. The number of hydrogen-bond donors (Lipinski definition) is 2. The van der Waals surface area contributed by atoms with Gasteiger partial charge in [0.25, 0.3) is 0 Å². The molecule has 3 aliphatic rings. The Bertz CT molecular complexity index is 1090. The number of carbonyl (C=O) groups is 3. The summed E-state index contributed by atoms with van der Waals surface area (Å²) in [7, 11) is 0. The zero-order chi connectivity index (χ0) is 24.5. The molecule has 0 aromatic heterocycles. The van der Waals surface area contributed by atoms with E-state index in [1.54, 1.807) is 0 Å². The van der Waals surface area contributed by atoms with Crippen molar-refractivity contribution >= 4 is 18.0 Å². The lowest BCUT2D eigenvalue weighted by molar-refractivity contribution is -0.150. The van der Waals surface area contributed by atoms with Crippen molar-refractivity contribution in [3.63, 3.8) is 0 Å². The first-order valence-electron chi connectivity index (χ1n) is 12.3. The lowest BCUT2D eigenvalue weighted by atomic mass is 9.98. The Morgan fingerprint density at radius 3 is 2.40 bits per heavy atom. The van der Waals surface area contributed by atoms with Crippen molar-refractivity contribution < 1.29 is 29.0 Å². The fourth-order valence-corrected chi connectivity index (χ4v) is 5.79. The molecule has 0 radical (unpaired) electrons. The number of carboxylic acid groups (broad SMARTS) is 1. The van der Waals surface area contributed by atoms with Gasteiger partial charge in [-0.25, -0.2) is 9.59 Å². The van der Waals surface area contributed by atoms with Crippen LogP contribution in [0.25, 0.3) is 11.1 Å². The van der Waals surface area contributed by atoms with Crippen LogP contribution in [0.5, 0.6) is 0 Å². The van der Waals surface area contributed by atoms with Crippen LogP contribution in [0.1, 0.15) is 49.7 Å². The van der Waals surface area contributed by atoms with E-state index in [4.69, 9.17) is 9.47 Å². The van der Waals surface area contributed by atoms with Gasteiger partial charge >= 0.3 is 12.1 Å². The second-order valence-electron chi connectivity index (χ2n) is 9.41. The summed E-state index contributed by atoms with van der Waals surface area (Å²) in [5, 5.41) is 12.4. The van der Waals surface area contributed by atoms with E-state index in [0.29, 0.717) is 25.9 Å². The largest absolute Gasteiger partial charge is 0.480 e. The Morgan fingerprint density at radius 1 is 1.11 bits per heavy atom. The van der Waals surface area contributed by atoms with Crippen LogP contribution in [0.15, 0.2) is 48.5 Å². The van der Waals surface area contributed by atoms with Gasteiger partial charge in [-0.3, -0.25) is 4.79 Å². The molecule has 1 aliphatic carbocycles. The van der Waals surface area contributed by atoms with Gasteiger partial charge < -0.3 is 24.8 Å². The Labute approximate surface area is 204 Å². The van der Waals surface area contributed by atoms with Gasteiger partial charge in [0.1, 0.15) is 18.7 Å². The summed E-state index contributed by atoms with van der Waals surface area (Å²) in [6, 6.07) is 14.1. The monoisotopic (exact) mass is 478 g/mol. The molecule has 2 heterocycles. The second-order valence-corrected chi connectivity index (χ2v) is 9.41. The summed E-state index contributed by atoms with van der Waals surface area (Å²) in [4.78, 5) is 39.5. The number of amides is 2. The molecule has 0 saturated carbocycles. The number of likely N-dealkylation sites (tertiary alicyclic amines) is 1. The molecule has 2 fully saturated rings. The van der Waals surface area contributed by atoms with Gasteiger partial charge in [-0.2, -0.15) is 0 Å². The van der Waals surface area contributed by atoms with Crippen molar-refractivity contribution in [1.29, 1.82) is 0 Å². The van der Waals surface area contributed by atoms with Gasteiger partial charge in [0.05, 0.1) is 12.1 Å². The van der Waals surface area contributed by atoms with Crippen LogP contribution in [0.3, 0.4) is 0 Å². The maximum atomic E-state index is 13.5. The third-order valence-corrected chi connectivity index (χ3v) is 7.37. The van der Waals surface area contributed by atoms with Gasteiger partial charge in [0.2, 0.25) is 5.91 Å². The number of benzene rings is 2. The number of nitrogens with zero attached hydrogens (tertiary/aromatic N) is 1. The number of aliphatic carboxylic acids is 1. The molecule has 2 N–H and O–H groups in total. The molecule has 0 spiro atoms. The molecule has 184 valence electrons. The van der Waals surface area contributed by atoms with E-state index in [-0.39, 0.29) is 37.0 Å². The number of hydrogen-bond acceptors (Lipinski definition) is 5. The minimum atomic E-state index is -1.05. The van der Waals surface area contributed by atoms with E-state index in [0.717, 1.165) is 22.3 Å². The first-order valence-corrected chi connectivity index (χ1v) is 12.3. The smallest absolute Gasteiger partial charge is 0.407 e. The summed E-state index contributed by atoms with van der Waals surface area (Å²) in [6.45, 7) is 2.57. The molecule has 0 bridgehead atoms. The average Bonchev–Trinajstić information content (AvgIpc) is 3.54. The van der Waals surface area contributed by atoms with E-state index < -0.39 is 24.1 Å². The van der Waals surface area contributed by atoms with E-state index in [9.17, 15) is 19.5 Å². The van der Waals surface area contributed by atoms with Gasteiger partial charge in [-0.1, -0.05) is 61.9 Å². The second kappa shape index (κ2) is 9.70. The molecule has 4 atom stereocenters. The van der Waals surface area contributed by atoms with Crippen LogP contribution >= 0.6 is 0 Å². The fraction of sp³-hybridized carbons (Fsp3) is 0.444. The van der Waals surface area contributed by atoms with Crippen molar-refractivity contribution in [1.82, 2.24) is 10.2 Å². The van der Waals surface area contributed by atoms with Crippen LogP contribution in [0, 0.1) is 0 Å². The molecule has 2 saturated heterocycles.